The molecule has 1 aliphatic carbocycles. The summed E-state index contributed by atoms with van der Waals surface area (Å²) in [5, 5.41) is 3.21. The molecule has 4 heteroatoms. The predicted octanol–water partition coefficient (Wildman–Crippen LogP) is 3.58. The molecule has 1 amide bonds. The molecule has 0 radical (unpaired) electrons. The Labute approximate surface area is 160 Å². The van der Waals surface area contributed by atoms with E-state index in [1.807, 2.05) is 0 Å². The maximum Gasteiger partial charge on any atom is 0.217 e. The summed E-state index contributed by atoms with van der Waals surface area (Å²) in [6.45, 7) is 13.4. The molecule has 148 valence electrons. The van der Waals surface area contributed by atoms with Gasteiger partial charge < -0.3 is 10.2 Å². The maximum atomic E-state index is 11.6. The lowest BCUT2D eigenvalue weighted by Crippen LogP contribution is -2.51. The van der Waals surface area contributed by atoms with E-state index in [9.17, 15) is 4.79 Å². The summed E-state index contributed by atoms with van der Waals surface area (Å²) in [6, 6.07) is 0.324. The van der Waals surface area contributed by atoms with Crippen LogP contribution in [0.25, 0.3) is 0 Å². The molecule has 0 aromatic heterocycles. The average Bonchev–Trinajstić information content (AvgIpc) is 2.86. The van der Waals surface area contributed by atoms with Crippen molar-refractivity contribution in [3.63, 3.8) is 0 Å². The van der Waals surface area contributed by atoms with E-state index in [1.165, 1.54) is 51.6 Å². The van der Waals surface area contributed by atoms with E-state index in [0.29, 0.717) is 17.0 Å². The normalized spacial score (nSPS) is 29.3. The Balaban J connectivity index is 1.72. The largest absolute Gasteiger partial charge is 0.352 e. The molecule has 0 aromatic carbocycles. The smallest absolute Gasteiger partial charge is 0.217 e. The lowest BCUT2D eigenvalue weighted by Gasteiger charge is -2.45. The Morgan fingerprint density at radius 3 is 2.54 bits per heavy atom. The van der Waals surface area contributed by atoms with E-state index < -0.39 is 0 Å². The van der Waals surface area contributed by atoms with Crippen LogP contribution < -0.4 is 5.32 Å². The molecule has 2 aliphatic heterocycles. The monoisotopic (exact) mass is 361 g/mol. The van der Waals surface area contributed by atoms with Crippen LogP contribution in [0.1, 0.15) is 72.6 Å². The molecule has 4 nitrogen and oxygen atoms in total. The Morgan fingerprint density at radius 2 is 1.92 bits per heavy atom. The molecule has 3 rings (SSSR count). The summed E-state index contributed by atoms with van der Waals surface area (Å²) >= 11 is 0. The summed E-state index contributed by atoms with van der Waals surface area (Å²) < 4.78 is 0. The number of hydrogen-bond acceptors (Lipinski definition) is 3. The Bertz CT molecular complexity index is 558. The molecule has 0 aromatic rings. The number of amides is 1. The van der Waals surface area contributed by atoms with Crippen LogP contribution in [0.2, 0.25) is 0 Å². The van der Waals surface area contributed by atoms with Crippen molar-refractivity contribution in [1.82, 2.24) is 15.1 Å². The lowest BCUT2D eigenvalue weighted by molar-refractivity contribution is -0.119. The number of piperidine rings is 1. The minimum atomic E-state index is 0.117. The molecule has 3 aliphatic rings. The van der Waals surface area contributed by atoms with Gasteiger partial charge in [0.2, 0.25) is 5.91 Å². The van der Waals surface area contributed by atoms with Crippen LogP contribution in [-0.4, -0.2) is 60.5 Å². The highest BCUT2D eigenvalue weighted by Crippen LogP contribution is 2.43. The van der Waals surface area contributed by atoms with Gasteiger partial charge >= 0.3 is 0 Å². The third-order valence-corrected chi connectivity index (χ3v) is 7.38. The van der Waals surface area contributed by atoms with Crippen molar-refractivity contribution in [3.8, 4) is 0 Å². The first-order chi connectivity index (χ1) is 12.2. The molecule has 0 bridgehead atoms. The van der Waals surface area contributed by atoms with Crippen molar-refractivity contribution in [3.05, 3.63) is 11.1 Å². The number of likely N-dealkylation sites (tertiary alicyclic amines) is 2. The molecule has 1 atom stereocenters. The number of hydrogen-bond donors (Lipinski definition) is 1. The molecule has 2 fully saturated rings. The summed E-state index contributed by atoms with van der Waals surface area (Å²) in [4.78, 5) is 16.8. The number of allylic oxidation sites excluding steroid dienone is 1. The van der Waals surface area contributed by atoms with Crippen LogP contribution in [0.5, 0.6) is 0 Å². The average molecular weight is 362 g/mol. The lowest BCUT2D eigenvalue weighted by atomic mass is 9.71. The Kier molecular flexibility index (Phi) is 5.83. The van der Waals surface area contributed by atoms with Crippen molar-refractivity contribution < 1.29 is 4.79 Å². The molecule has 26 heavy (non-hydrogen) atoms. The fourth-order valence-electron chi connectivity index (χ4n) is 5.85. The van der Waals surface area contributed by atoms with Crippen molar-refractivity contribution in [2.24, 2.45) is 5.41 Å². The number of carbonyl (C=O) groups excluding carboxylic acids is 1. The van der Waals surface area contributed by atoms with Crippen LogP contribution >= 0.6 is 0 Å². The summed E-state index contributed by atoms with van der Waals surface area (Å²) in [5.41, 5.74) is 4.00. The van der Waals surface area contributed by atoms with Gasteiger partial charge in [0.15, 0.2) is 0 Å². The van der Waals surface area contributed by atoms with E-state index in [-0.39, 0.29) is 5.91 Å². The first-order valence-corrected chi connectivity index (χ1v) is 10.6. The zero-order valence-electron chi connectivity index (χ0n) is 17.7. The highest BCUT2D eigenvalue weighted by molar-refractivity contribution is 5.73. The zero-order chi connectivity index (χ0) is 18.9. The second-order valence-corrected chi connectivity index (χ2v) is 9.82. The molecule has 0 saturated carbocycles. The van der Waals surface area contributed by atoms with Gasteiger partial charge in [0.05, 0.1) is 0 Å². The van der Waals surface area contributed by atoms with Gasteiger partial charge in [-0.25, -0.2) is 0 Å². The van der Waals surface area contributed by atoms with Crippen molar-refractivity contribution in [1.29, 1.82) is 0 Å². The quantitative estimate of drug-likeness (QED) is 0.778. The van der Waals surface area contributed by atoms with Gasteiger partial charge in [0.25, 0.3) is 0 Å². The maximum absolute atomic E-state index is 11.6. The van der Waals surface area contributed by atoms with E-state index >= 15 is 0 Å². The van der Waals surface area contributed by atoms with Gasteiger partial charge in [-0.05, 0) is 77.4 Å². The van der Waals surface area contributed by atoms with E-state index in [4.69, 9.17) is 0 Å². The summed E-state index contributed by atoms with van der Waals surface area (Å²) in [6.07, 6.45) is 8.74. The highest BCUT2D eigenvalue weighted by Gasteiger charge is 2.46. The van der Waals surface area contributed by atoms with Gasteiger partial charge in [-0.1, -0.05) is 25.0 Å². The van der Waals surface area contributed by atoms with Gasteiger partial charge in [-0.3, -0.25) is 9.69 Å². The van der Waals surface area contributed by atoms with E-state index in [1.54, 1.807) is 18.1 Å². The molecule has 0 unspecified atom stereocenters. The Morgan fingerprint density at radius 1 is 1.23 bits per heavy atom. The fourth-order valence-corrected chi connectivity index (χ4v) is 5.85. The van der Waals surface area contributed by atoms with Gasteiger partial charge in [0.1, 0.15) is 0 Å². The van der Waals surface area contributed by atoms with Crippen molar-refractivity contribution in [2.45, 2.75) is 84.2 Å². The minimum absolute atomic E-state index is 0.117. The zero-order valence-corrected chi connectivity index (χ0v) is 17.7. The third kappa shape index (κ3) is 4.17. The summed E-state index contributed by atoms with van der Waals surface area (Å²) in [7, 11) is 2.23. The SMILES string of the molecule is CC(=O)N[C@H]1CN(CCC2=C(C)CCCC2(C)C)C2(CCN(C)CC2)C1. The minimum Gasteiger partial charge on any atom is -0.352 e. The van der Waals surface area contributed by atoms with Gasteiger partial charge in [0, 0.05) is 31.6 Å². The van der Waals surface area contributed by atoms with Crippen LogP contribution in [0.15, 0.2) is 11.1 Å². The van der Waals surface area contributed by atoms with Crippen molar-refractivity contribution >= 4 is 5.91 Å². The first-order valence-electron chi connectivity index (χ1n) is 10.6. The predicted molar refractivity (Wildman–Crippen MR) is 108 cm³/mol. The third-order valence-electron chi connectivity index (χ3n) is 7.38. The Hall–Kier alpha value is -0.870. The van der Waals surface area contributed by atoms with Crippen LogP contribution in [-0.2, 0) is 4.79 Å². The van der Waals surface area contributed by atoms with E-state index in [2.05, 4.69) is 42.9 Å². The molecular weight excluding hydrogens is 322 g/mol. The molecule has 2 heterocycles. The number of nitrogens with one attached hydrogen (secondary N) is 1. The topological polar surface area (TPSA) is 35.6 Å². The van der Waals surface area contributed by atoms with Crippen LogP contribution in [0, 0.1) is 5.41 Å². The molecule has 1 spiro atoms. The van der Waals surface area contributed by atoms with Crippen molar-refractivity contribution in [2.75, 3.05) is 33.2 Å². The van der Waals surface area contributed by atoms with Gasteiger partial charge in [-0.15, -0.1) is 0 Å². The molecular formula is C22H39N3O. The highest BCUT2D eigenvalue weighted by atomic mass is 16.1. The van der Waals surface area contributed by atoms with Crippen LogP contribution in [0.4, 0.5) is 0 Å². The first kappa shape index (κ1) is 19.9. The standard InChI is InChI=1S/C22H39N3O/c1-17-7-6-9-21(3,4)20(17)8-12-25-16-19(23-18(2)26)15-22(25)10-13-24(5)14-11-22/h19H,6-16H2,1-5H3,(H,23,26)/t19-/m1/s1. The van der Waals surface area contributed by atoms with E-state index in [0.717, 1.165) is 19.5 Å². The number of nitrogens with zero attached hydrogens (tertiary/aromatic N) is 2. The second-order valence-electron chi connectivity index (χ2n) is 9.82. The van der Waals surface area contributed by atoms with Crippen LogP contribution in [0.3, 0.4) is 0 Å². The second kappa shape index (κ2) is 7.63. The van der Waals surface area contributed by atoms with Gasteiger partial charge in [-0.2, -0.15) is 0 Å². The fraction of sp³-hybridized carbons (Fsp3) is 0.864. The molecule has 1 N–H and O–H groups in total. The number of rotatable bonds is 4. The number of carbonyl (C=O) groups is 1. The summed E-state index contributed by atoms with van der Waals surface area (Å²) in [5.74, 6) is 0.117. The molecule has 2 saturated heterocycles.